The van der Waals surface area contributed by atoms with Gasteiger partial charge in [-0.3, -0.25) is 4.98 Å². The average molecular weight is 299 g/mol. The molecule has 0 aliphatic carbocycles. The van der Waals surface area contributed by atoms with Gasteiger partial charge in [-0.25, -0.2) is 0 Å². The minimum Gasteiger partial charge on any atom is -0.256 e. The summed E-state index contributed by atoms with van der Waals surface area (Å²) < 4.78 is 39.0. The lowest BCUT2D eigenvalue weighted by molar-refractivity contribution is -0.137. The molecule has 110 valence electrons. The van der Waals surface area contributed by atoms with Gasteiger partial charge in [0.25, 0.3) is 0 Å². The summed E-state index contributed by atoms with van der Waals surface area (Å²) in [7, 11) is 0. The number of hydrogen-bond donors (Lipinski definition) is 0. The van der Waals surface area contributed by atoms with Gasteiger partial charge < -0.3 is 0 Å². The number of halogens is 3. The highest BCUT2D eigenvalue weighted by atomic mass is 19.4. The molecule has 0 saturated carbocycles. The van der Waals surface area contributed by atoms with Crippen LogP contribution >= 0.6 is 0 Å². The molecule has 0 spiro atoms. The number of nitrogens with zero attached hydrogens (tertiary/aromatic N) is 1. The van der Waals surface area contributed by atoms with Crippen molar-refractivity contribution in [3.8, 4) is 22.4 Å². The Morgan fingerprint density at radius 2 is 1.45 bits per heavy atom. The van der Waals surface area contributed by atoms with Crippen LogP contribution in [-0.4, -0.2) is 4.98 Å². The Morgan fingerprint density at radius 3 is 2.09 bits per heavy atom. The molecule has 0 radical (unpaired) electrons. The maximum atomic E-state index is 13.0. The van der Waals surface area contributed by atoms with Crippen LogP contribution in [0.2, 0.25) is 0 Å². The Kier molecular flexibility index (Phi) is 3.67. The van der Waals surface area contributed by atoms with E-state index in [0.717, 1.165) is 23.3 Å². The van der Waals surface area contributed by atoms with Crippen molar-refractivity contribution in [2.24, 2.45) is 0 Å². The second-order valence-corrected chi connectivity index (χ2v) is 4.84. The Bertz CT molecular complexity index is 765. The molecule has 22 heavy (non-hydrogen) atoms. The lowest BCUT2D eigenvalue weighted by Gasteiger charge is -2.13. The summed E-state index contributed by atoms with van der Waals surface area (Å²) in [6.45, 7) is 0. The van der Waals surface area contributed by atoms with E-state index in [0.29, 0.717) is 11.3 Å². The van der Waals surface area contributed by atoms with E-state index in [1.165, 1.54) is 6.07 Å². The summed E-state index contributed by atoms with van der Waals surface area (Å²) in [4.78, 5) is 4.19. The first-order valence-corrected chi connectivity index (χ1v) is 6.74. The minimum absolute atomic E-state index is 0.474. The molecule has 0 unspecified atom stereocenters. The number of rotatable bonds is 2. The fourth-order valence-electron chi connectivity index (χ4n) is 2.32. The van der Waals surface area contributed by atoms with E-state index >= 15 is 0 Å². The van der Waals surface area contributed by atoms with Gasteiger partial charge in [-0.1, -0.05) is 42.5 Å². The third kappa shape index (κ3) is 2.86. The zero-order valence-electron chi connectivity index (χ0n) is 11.5. The molecule has 0 atom stereocenters. The molecule has 3 rings (SSSR count). The Labute approximate surface area is 126 Å². The van der Waals surface area contributed by atoms with Crippen molar-refractivity contribution < 1.29 is 13.2 Å². The first-order valence-electron chi connectivity index (χ1n) is 6.74. The average Bonchev–Trinajstić information content (AvgIpc) is 2.55. The third-order valence-electron chi connectivity index (χ3n) is 3.37. The van der Waals surface area contributed by atoms with E-state index in [9.17, 15) is 13.2 Å². The van der Waals surface area contributed by atoms with Crippen LogP contribution in [0.5, 0.6) is 0 Å². The summed E-state index contributed by atoms with van der Waals surface area (Å²) in [5, 5.41) is 0. The Hall–Kier alpha value is -2.62. The number of hydrogen-bond acceptors (Lipinski definition) is 1. The molecule has 0 fully saturated rings. The molecule has 0 bridgehead atoms. The predicted molar refractivity (Wildman–Crippen MR) is 80.1 cm³/mol. The first-order chi connectivity index (χ1) is 10.6. The molecule has 1 aromatic heterocycles. The highest BCUT2D eigenvalue weighted by Gasteiger charge is 2.31. The largest absolute Gasteiger partial charge is 0.416 e. The van der Waals surface area contributed by atoms with Gasteiger partial charge in [0.2, 0.25) is 0 Å². The van der Waals surface area contributed by atoms with Crippen molar-refractivity contribution in [3.63, 3.8) is 0 Å². The fourth-order valence-corrected chi connectivity index (χ4v) is 2.32. The fraction of sp³-hybridized carbons (Fsp3) is 0.0556. The summed E-state index contributed by atoms with van der Waals surface area (Å²) in [6, 6.07) is 18.3. The van der Waals surface area contributed by atoms with E-state index in [1.807, 2.05) is 30.3 Å². The smallest absolute Gasteiger partial charge is 0.256 e. The molecule has 1 nitrogen and oxygen atoms in total. The lowest BCUT2D eigenvalue weighted by Crippen LogP contribution is -2.05. The SMILES string of the molecule is FC(F)(F)c1ccc(-c2ccccc2)c(-c2ccccn2)c1. The highest BCUT2D eigenvalue weighted by molar-refractivity contribution is 5.82. The van der Waals surface area contributed by atoms with Crippen LogP contribution in [-0.2, 0) is 6.18 Å². The Morgan fingerprint density at radius 1 is 0.727 bits per heavy atom. The highest BCUT2D eigenvalue weighted by Crippen LogP contribution is 2.37. The van der Waals surface area contributed by atoms with Gasteiger partial charge in [0, 0.05) is 11.8 Å². The van der Waals surface area contributed by atoms with Gasteiger partial charge in [0.15, 0.2) is 0 Å². The van der Waals surface area contributed by atoms with E-state index < -0.39 is 11.7 Å². The summed E-state index contributed by atoms with van der Waals surface area (Å²) in [5.74, 6) is 0. The van der Waals surface area contributed by atoms with Gasteiger partial charge in [0.1, 0.15) is 0 Å². The van der Waals surface area contributed by atoms with Gasteiger partial charge in [0.05, 0.1) is 11.3 Å². The monoisotopic (exact) mass is 299 g/mol. The van der Waals surface area contributed by atoms with Gasteiger partial charge in [-0.15, -0.1) is 0 Å². The standard InChI is InChI=1S/C18H12F3N/c19-18(20,21)14-9-10-15(13-6-2-1-3-7-13)16(12-14)17-8-4-5-11-22-17/h1-12H. The van der Waals surface area contributed by atoms with Crippen LogP contribution in [0.25, 0.3) is 22.4 Å². The number of pyridine rings is 1. The molecule has 4 heteroatoms. The minimum atomic E-state index is -4.38. The molecule has 0 aliphatic heterocycles. The summed E-state index contributed by atoms with van der Waals surface area (Å²) >= 11 is 0. The zero-order chi connectivity index (χ0) is 15.6. The van der Waals surface area contributed by atoms with Crippen LogP contribution in [0.1, 0.15) is 5.56 Å². The van der Waals surface area contributed by atoms with Gasteiger partial charge in [-0.2, -0.15) is 13.2 Å². The van der Waals surface area contributed by atoms with Crippen molar-refractivity contribution in [2.75, 3.05) is 0 Å². The summed E-state index contributed by atoms with van der Waals surface area (Å²) in [5.41, 5.74) is 1.91. The lowest BCUT2D eigenvalue weighted by atomic mass is 9.95. The topological polar surface area (TPSA) is 12.9 Å². The molecule has 0 amide bonds. The molecular formula is C18H12F3N. The van der Waals surface area contributed by atoms with Crippen molar-refractivity contribution in [3.05, 3.63) is 78.5 Å². The second-order valence-electron chi connectivity index (χ2n) is 4.84. The first kappa shape index (κ1) is 14.3. The van der Waals surface area contributed by atoms with Gasteiger partial charge in [-0.05, 0) is 35.4 Å². The molecular weight excluding hydrogens is 287 g/mol. The molecule has 2 aromatic carbocycles. The number of alkyl halides is 3. The molecule has 0 N–H and O–H groups in total. The predicted octanol–water partition coefficient (Wildman–Crippen LogP) is 5.43. The van der Waals surface area contributed by atoms with Crippen LogP contribution < -0.4 is 0 Å². The zero-order valence-corrected chi connectivity index (χ0v) is 11.5. The molecule has 1 heterocycles. The Balaban J connectivity index is 2.23. The quantitative estimate of drug-likeness (QED) is 0.614. The number of benzene rings is 2. The molecule has 0 aliphatic rings. The van der Waals surface area contributed by atoms with Crippen LogP contribution in [0.15, 0.2) is 72.9 Å². The molecule has 0 saturated heterocycles. The van der Waals surface area contributed by atoms with Crippen molar-refractivity contribution >= 4 is 0 Å². The van der Waals surface area contributed by atoms with E-state index in [1.54, 1.807) is 24.4 Å². The molecule has 3 aromatic rings. The van der Waals surface area contributed by atoms with E-state index in [-0.39, 0.29) is 0 Å². The van der Waals surface area contributed by atoms with Crippen LogP contribution in [0, 0.1) is 0 Å². The number of aromatic nitrogens is 1. The second kappa shape index (κ2) is 5.64. The maximum absolute atomic E-state index is 13.0. The van der Waals surface area contributed by atoms with Crippen LogP contribution in [0.4, 0.5) is 13.2 Å². The van der Waals surface area contributed by atoms with Gasteiger partial charge >= 0.3 is 6.18 Å². The van der Waals surface area contributed by atoms with Crippen molar-refractivity contribution in [1.29, 1.82) is 0 Å². The van der Waals surface area contributed by atoms with E-state index in [4.69, 9.17) is 0 Å². The maximum Gasteiger partial charge on any atom is 0.416 e. The summed E-state index contributed by atoms with van der Waals surface area (Å²) in [6.07, 6.45) is -2.80. The normalized spacial score (nSPS) is 11.4. The third-order valence-corrected chi connectivity index (χ3v) is 3.37. The van der Waals surface area contributed by atoms with Crippen molar-refractivity contribution in [1.82, 2.24) is 4.98 Å². The van der Waals surface area contributed by atoms with Crippen molar-refractivity contribution in [2.45, 2.75) is 6.18 Å². The van der Waals surface area contributed by atoms with Crippen LogP contribution in [0.3, 0.4) is 0 Å². The van der Waals surface area contributed by atoms with E-state index in [2.05, 4.69) is 4.98 Å².